The molecule has 0 aliphatic carbocycles. The van der Waals surface area contributed by atoms with E-state index in [-0.39, 0.29) is 6.54 Å². The fraction of sp³-hybridized carbons (Fsp3) is 0.222. The highest BCUT2D eigenvalue weighted by Gasteiger charge is 2.04. The summed E-state index contributed by atoms with van der Waals surface area (Å²) < 4.78 is 0. The first-order valence-corrected chi connectivity index (χ1v) is 10.4. The van der Waals surface area contributed by atoms with Crippen molar-refractivity contribution in [3.63, 3.8) is 0 Å². The second kappa shape index (κ2) is 11.7. The van der Waals surface area contributed by atoms with E-state index in [1.807, 2.05) is 26.0 Å². The summed E-state index contributed by atoms with van der Waals surface area (Å²) in [6, 6.07) is 23.0. The van der Waals surface area contributed by atoms with Crippen molar-refractivity contribution >= 4 is 18.1 Å². The Morgan fingerprint density at radius 3 is 2.27 bits per heavy atom. The van der Waals surface area contributed by atoms with Gasteiger partial charge >= 0.3 is 5.97 Å². The fourth-order valence-corrected chi connectivity index (χ4v) is 3.29. The number of aliphatic carboxylic acids is 1. The predicted octanol–water partition coefficient (Wildman–Crippen LogP) is 6.34. The quantitative estimate of drug-likeness (QED) is 0.454. The molecule has 0 aliphatic heterocycles. The van der Waals surface area contributed by atoms with Crippen LogP contribution in [0.15, 0.2) is 66.7 Å². The highest BCUT2D eigenvalue weighted by Crippen LogP contribution is 2.27. The molecule has 0 aromatic heterocycles. The summed E-state index contributed by atoms with van der Waals surface area (Å²) in [7, 11) is 0. The van der Waals surface area contributed by atoms with Gasteiger partial charge in [-0.25, -0.2) is 0 Å². The van der Waals surface area contributed by atoms with Crippen LogP contribution in [0.1, 0.15) is 41.7 Å². The van der Waals surface area contributed by atoms with Gasteiger partial charge in [-0.2, -0.15) is 0 Å². The maximum Gasteiger partial charge on any atom is 0.317 e. The number of carbonyl (C=O) groups is 1. The number of nitrogens with one attached hydrogen (secondary N) is 1. The number of carboxylic acid groups (broad SMARTS) is 1. The zero-order valence-electron chi connectivity index (χ0n) is 18.3. The van der Waals surface area contributed by atoms with E-state index in [1.54, 1.807) is 0 Å². The fourth-order valence-electron chi connectivity index (χ4n) is 3.29. The summed E-state index contributed by atoms with van der Waals surface area (Å²) in [5, 5.41) is 11.6. The Kier molecular flexibility index (Phi) is 9.04. The number of benzene rings is 3. The summed E-state index contributed by atoms with van der Waals surface area (Å²) in [4.78, 5) is 10.6. The Morgan fingerprint density at radius 1 is 0.900 bits per heavy atom. The van der Waals surface area contributed by atoms with Gasteiger partial charge in [-0.15, -0.1) is 0 Å². The van der Waals surface area contributed by atoms with E-state index in [0.29, 0.717) is 6.54 Å². The average Bonchev–Trinajstić information content (AvgIpc) is 2.76. The van der Waals surface area contributed by atoms with Gasteiger partial charge in [0.2, 0.25) is 0 Å². The van der Waals surface area contributed by atoms with Crippen molar-refractivity contribution in [3.8, 4) is 11.1 Å². The molecule has 0 heterocycles. The molecule has 0 radical (unpaired) electrons. The second-order valence-corrected chi connectivity index (χ2v) is 6.91. The molecule has 3 aromatic carbocycles. The summed E-state index contributed by atoms with van der Waals surface area (Å²) in [5.41, 5.74) is 8.35. The van der Waals surface area contributed by atoms with Crippen LogP contribution < -0.4 is 5.32 Å². The Balaban J connectivity index is 0.00000155. The normalized spacial score (nSPS) is 10.5. The first-order valence-electron chi connectivity index (χ1n) is 10.4. The lowest BCUT2D eigenvalue weighted by Crippen LogP contribution is -2.21. The van der Waals surface area contributed by atoms with E-state index >= 15 is 0 Å². The molecule has 0 amide bonds. The lowest BCUT2D eigenvalue weighted by molar-refractivity contribution is -0.135. The third-order valence-electron chi connectivity index (χ3n) is 4.84. The molecule has 3 aromatic rings. The number of rotatable bonds is 7. The van der Waals surface area contributed by atoms with Crippen LogP contribution in [0.3, 0.4) is 0 Å². The Bertz CT molecular complexity index is 991. The number of hydrogen-bond acceptors (Lipinski definition) is 2. The minimum absolute atomic E-state index is 0.0300. The molecule has 0 fully saturated rings. The van der Waals surface area contributed by atoms with Gasteiger partial charge in [0.05, 0.1) is 6.54 Å². The molecule has 0 unspecified atom stereocenters. The molecule has 2 N–H and O–H groups in total. The van der Waals surface area contributed by atoms with E-state index in [9.17, 15) is 4.79 Å². The van der Waals surface area contributed by atoms with E-state index < -0.39 is 5.97 Å². The van der Waals surface area contributed by atoms with Crippen molar-refractivity contribution in [2.45, 2.75) is 34.2 Å². The molecule has 3 rings (SSSR count). The van der Waals surface area contributed by atoms with Crippen LogP contribution in [0.4, 0.5) is 0 Å². The topological polar surface area (TPSA) is 49.3 Å². The summed E-state index contributed by atoms with van der Waals surface area (Å²) in [6.07, 6.45) is 4.30. The van der Waals surface area contributed by atoms with Crippen molar-refractivity contribution in [1.29, 1.82) is 0 Å². The monoisotopic (exact) mass is 401 g/mol. The molecule has 0 bridgehead atoms. The van der Waals surface area contributed by atoms with Crippen LogP contribution in [0.5, 0.6) is 0 Å². The van der Waals surface area contributed by atoms with Gasteiger partial charge in [-0.1, -0.05) is 92.7 Å². The zero-order valence-corrected chi connectivity index (χ0v) is 18.3. The molecular formula is C27H31NO2. The van der Waals surface area contributed by atoms with E-state index in [0.717, 1.165) is 11.1 Å². The molecule has 0 saturated carbocycles. The van der Waals surface area contributed by atoms with Gasteiger partial charge in [0, 0.05) is 6.54 Å². The molecule has 0 spiro atoms. The predicted molar refractivity (Wildman–Crippen MR) is 127 cm³/mol. The summed E-state index contributed by atoms with van der Waals surface area (Å²) in [5.74, 6) is -0.843. The molecule has 3 heteroatoms. The molecule has 0 saturated heterocycles. The van der Waals surface area contributed by atoms with Crippen LogP contribution in [-0.4, -0.2) is 17.6 Å². The van der Waals surface area contributed by atoms with Crippen molar-refractivity contribution < 1.29 is 9.90 Å². The highest BCUT2D eigenvalue weighted by atomic mass is 16.4. The van der Waals surface area contributed by atoms with Gasteiger partial charge < -0.3 is 10.4 Å². The van der Waals surface area contributed by atoms with Crippen molar-refractivity contribution in [2.24, 2.45) is 0 Å². The van der Waals surface area contributed by atoms with Gasteiger partial charge in [0.15, 0.2) is 0 Å². The van der Waals surface area contributed by atoms with Crippen molar-refractivity contribution in [2.75, 3.05) is 6.54 Å². The highest BCUT2D eigenvalue weighted by molar-refractivity contribution is 5.78. The van der Waals surface area contributed by atoms with Gasteiger partial charge in [-0.05, 0) is 52.8 Å². The molecule has 0 aliphatic rings. The lowest BCUT2D eigenvalue weighted by Gasteiger charge is -2.10. The SMILES string of the molecule is CC.Cc1cc(CNCC(=O)O)ccc1/C=C/c1cccc(-c2ccccc2)c1C. The first kappa shape index (κ1) is 23.1. The van der Waals surface area contributed by atoms with E-state index in [4.69, 9.17) is 5.11 Å². The standard InChI is InChI=1S/C25H25NO2.C2H6/c1-18-15-20(16-26-17-25(27)28)11-12-21(18)13-14-22-9-6-10-24(19(22)2)23-7-4-3-5-8-23;1-2/h3-15,26H,16-17H2,1-2H3,(H,27,28);1-2H3/b14-13+;. The van der Waals surface area contributed by atoms with Crippen LogP contribution in [0.2, 0.25) is 0 Å². The Labute approximate surface area is 180 Å². The minimum atomic E-state index is -0.843. The maximum atomic E-state index is 10.6. The minimum Gasteiger partial charge on any atom is -0.480 e. The first-order chi connectivity index (χ1) is 14.5. The second-order valence-electron chi connectivity index (χ2n) is 6.91. The average molecular weight is 402 g/mol. The number of aryl methyl sites for hydroxylation is 1. The molecule has 3 nitrogen and oxygen atoms in total. The van der Waals surface area contributed by atoms with E-state index in [1.165, 1.54) is 27.8 Å². The summed E-state index contributed by atoms with van der Waals surface area (Å²) >= 11 is 0. The largest absolute Gasteiger partial charge is 0.480 e. The van der Waals surface area contributed by atoms with Gasteiger partial charge in [0.25, 0.3) is 0 Å². The number of carboxylic acids is 1. The maximum absolute atomic E-state index is 10.6. The van der Waals surface area contributed by atoms with Crippen LogP contribution in [0, 0.1) is 13.8 Å². The Morgan fingerprint density at radius 2 is 1.60 bits per heavy atom. The number of hydrogen-bond donors (Lipinski definition) is 2. The van der Waals surface area contributed by atoms with Crippen LogP contribution in [-0.2, 0) is 11.3 Å². The van der Waals surface area contributed by atoms with Crippen molar-refractivity contribution in [3.05, 3.63) is 94.5 Å². The third-order valence-corrected chi connectivity index (χ3v) is 4.84. The lowest BCUT2D eigenvalue weighted by atomic mass is 9.95. The van der Waals surface area contributed by atoms with Crippen LogP contribution in [0.25, 0.3) is 23.3 Å². The summed E-state index contributed by atoms with van der Waals surface area (Å²) in [6.45, 7) is 8.76. The smallest absolute Gasteiger partial charge is 0.317 e. The third kappa shape index (κ3) is 6.43. The molecule has 30 heavy (non-hydrogen) atoms. The Hall–Kier alpha value is -3.17. The van der Waals surface area contributed by atoms with Crippen LogP contribution >= 0.6 is 0 Å². The molecular weight excluding hydrogens is 370 g/mol. The van der Waals surface area contributed by atoms with E-state index in [2.05, 4.69) is 85.9 Å². The zero-order chi connectivity index (χ0) is 21.9. The molecule has 0 atom stereocenters. The van der Waals surface area contributed by atoms with Gasteiger partial charge in [-0.3, -0.25) is 4.79 Å². The van der Waals surface area contributed by atoms with Crippen molar-refractivity contribution in [1.82, 2.24) is 5.32 Å². The van der Waals surface area contributed by atoms with Gasteiger partial charge in [0.1, 0.15) is 0 Å². The molecule has 156 valence electrons.